The van der Waals surface area contributed by atoms with Crippen molar-refractivity contribution in [3.8, 4) is 0 Å². The van der Waals surface area contributed by atoms with Crippen LogP contribution < -0.4 is 10.6 Å². The Balaban J connectivity index is 1.64. The highest BCUT2D eigenvalue weighted by Gasteiger charge is 2.16. The monoisotopic (exact) mass is 575 g/mol. The molecule has 33 heavy (non-hydrogen) atoms. The van der Waals surface area contributed by atoms with Crippen LogP contribution in [0.15, 0.2) is 54.2 Å². The fourth-order valence-corrected chi connectivity index (χ4v) is 5.07. The molecule has 0 radical (unpaired) electrons. The van der Waals surface area contributed by atoms with Gasteiger partial charge >= 0.3 is 0 Å². The zero-order valence-corrected chi connectivity index (χ0v) is 21.8. The Bertz CT molecular complexity index is 1170. The smallest absolute Gasteiger partial charge is 0.251 e. The summed E-state index contributed by atoms with van der Waals surface area (Å²) in [4.78, 5) is 25.1. The zero-order chi connectivity index (χ0) is 24.0. The van der Waals surface area contributed by atoms with E-state index >= 15 is 0 Å². The molecule has 1 aromatic heterocycles. The second kappa shape index (κ2) is 11.5. The van der Waals surface area contributed by atoms with E-state index in [0.29, 0.717) is 23.1 Å². The van der Waals surface area contributed by atoms with Crippen LogP contribution in [-0.2, 0) is 17.9 Å². The van der Waals surface area contributed by atoms with Crippen LogP contribution in [-0.4, -0.2) is 32.3 Å². The van der Waals surface area contributed by atoms with Crippen LogP contribution in [0.4, 0.5) is 5.69 Å². The summed E-state index contributed by atoms with van der Waals surface area (Å²) in [5.41, 5.74) is 4.43. The van der Waals surface area contributed by atoms with Crippen LogP contribution in [0.3, 0.4) is 0 Å². The van der Waals surface area contributed by atoms with Crippen molar-refractivity contribution in [2.45, 2.75) is 39.0 Å². The van der Waals surface area contributed by atoms with Gasteiger partial charge in [-0.3, -0.25) is 9.59 Å². The van der Waals surface area contributed by atoms with E-state index in [9.17, 15) is 9.59 Å². The number of rotatable bonds is 9. The highest BCUT2D eigenvalue weighted by Crippen LogP contribution is 2.24. The molecule has 0 fully saturated rings. The van der Waals surface area contributed by atoms with Gasteiger partial charge < -0.3 is 15.2 Å². The highest BCUT2D eigenvalue weighted by molar-refractivity contribution is 14.1. The van der Waals surface area contributed by atoms with E-state index in [-0.39, 0.29) is 24.1 Å². The molecule has 2 aromatic carbocycles. The predicted octanol–water partition coefficient (Wildman–Crippen LogP) is 4.65. The number of halogens is 1. The molecule has 3 rings (SSSR count). The molecule has 3 aromatic rings. The molecule has 0 aliphatic rings. The highest BCUT2D eigenvalue weighted by atomic mass is 127. The number of allylic oxidation sites excluding steroid dienone is 1. The minimum absolute atomic E-state index is 0.116. The minimum atomic E-state index is -0.168. The number of thioether (sulfide) groups is 1. The lowest BCUT2D eigenvalue weighted by Gasteiger charge is -2.12. The number of carbonyl (C=O) groups is 2. The Morgan fingerprint density at radius 2 is 1.82 bits per heavy atom. The van der Waals surface area contributed by atoms with Crippen LogP contribution in [0.25, 0.3) is 0 Å². The molecule has 2 N–H and O–H groups in total. The number of aryl methyl sites for hydroxylation is 3. The lowest BCUT2D eigenvalue weighted by atomic mass is 10.1. The lowest BCUT2D eigenvalue weighted by molar-refractivity contribution is -0.113. The normalized spacial score (nSPS) is 10.7. The molecule has 7 nitrogen and oxygen atoms in total. The number of aromatic nitrogens is 3. The first-order valence-electron chi connectivity index (χ1n) is 10.4. The summed E-state index contributed by atoms with van der Waals surface area (Å²) in [5, 5.41) is 14.9. The number of amides is 2. The van der Waals surface area contributed by atoms with Crippen molar-refractivity contribution in [1.29, 1.82) is 0 Å². The summed E-state index contributed by atoms with van der Waals surface area (Å²) in [6.07, 6.45) is 1.73. The van der Waals surface area contributed by atoms with Crippen molar-refractivity contribution in [1.82, 2.24) is 20.1 Å². The average Bonchev–Trinajstić information content (AvgIpc) is 3.15. The van der Waals surface area contributed by atoms with E-state index in [0.717, 1.165) is 25.9 Å². The molecule has 9 heteroatoms. The molecule has 172 valence electrons. The zero-order valence-electron chi connectivity index (χ0n) is 18.8. The van der Waals surface area contributed by atoms with Crippen LogP contribution >= 0.6 is 34.4 Å². The van der Waals surface area contributed by atoms with E-state index in [4.69, 9.17) is 0 Å². The molecule has 0 spiro atoms. The average molecular weight is 575 g/mol. The predicted molar refractivity (Wildman–Crippen MR) is 141 cm³/mol. The maximum absolute atomic E-state index is 12.6. The minimum Gasteiger partial charge on any atom is -0.345 e. The van der Waals surface area contributed by atoms with Gasteiger partial charge in [0.25, 0.3) is 5.91 Å². The first-order chi connectivity index (χ1) is 15.8. The van der Waals surface area contributed by atoms with Gasteiger partial charge in [-0.05, 0) is 78.3 Å². The second-order valence-electron chi connectivity index (χ2n) is 7.55. The van der Waals surface area contributed by atoms with E-state index in [1.807, 2.05) is 55.7 Å². The Kier molecular flexibility index (Phi) is 8.67. The third-order valence-electron chi connectivity index (χ3n) is 5.00. The van der Waals surface area contributed by atoms with Gasteiger partial charge in [0.1, 0.15) is 0 Å². The standard InChI is InChI=1S/C24H26IN5O2S/c1-5-10-30-20(13-26-23(32)19-9-7-6-8-15(19)2)28-29-24(30)33-14-21(31)27-22-16(3)11-18(25)12-17(22)4/h5-9,11-12H,1,10,13-14H2,2-4H3,(H,26,32)(H,27,31). The van der Waals surface area contributed by atoms with Crippen molar-refractivity contribution >= 4 is 51.9 Å². The third-order valence-corrected chi connectivity index (χ3v) is 6.59. The molecular formula is C24H26IN5O2S. The van der Waals surface area contributed by atoms with Crippen LogP contribution in [0.1, 0.15) is 32.9 Å². The molecule has 0 bridgehead atoms. The molecule has 0 saturated heterocycles. The van der Waals surface area contributed by atoms with Crippen molar-refractivity contribution in [2.75, 3.05) is 11.1 Å². The summed E-state index contributed by atoms with van der Waals surface area (Å²) < 4.78 is 2.99. The molecule has 0 saturated carbocycles. The Morgan fingerprint density at radius 1 is 1.12 bits per heavy atom. The maximum Gasteiger partial charge on any atom is 0.251 e. The number of benzene rings is 2. The summed E-state index contributed by atoms with van der Waals surface area (Å²) in [5.74, 6) is 0.507. The van der Waals surface area contributed by atoms with E-state index in [1.54, 1.807) is 12.1 Å². The van der Waals surface area contributed by atoms with Crippen LogP contribution in [0.5, 0.6) is 0 Å². The Labute approximate surface area is 211 Å². The molecule has 1 heterocycles. The number of nitrogens with zero attached hydrogens (tertiary/aromatic N) is 3. The van der Waals surface area contributed by atoms with Crippen LogP contribution in [0.2, 0.25) is 0 Å². The van der Waals surface area contributed by atoms with E-state index < -0.39 is 0 Å². The van der Waals surface area contributed by atoms with E-state index in [1.165, 1.54) is 11.8 Å². The fraction of sp³-hybridized carbons (Fsp3) is 0.250. The summed E-state index contributed by atoms with van der Waals surface area (Å²) >= 11 is 3.56. The topological polar surface area (TPSA) is 88.9 Å². The molecule has 0 atom stereocenters. The first-order valence-corrected chi connectivity index (χ1v) is 12.4. The van der Waals surface area contributed by atoms with Crippen molar-refractivity contribution in [2.24, 2.45) is 0 Å². The lowest BCUT2D eigenvalue weighted by Crippen LogP contribution is -2.25. The molecule has 2 amide bonds. The third kappa shape index (κ3) is 6.44. The number of hydrogen-bond donors (Lipinski definition) is 2. The fourth-order valence-electron chi connectivity index (χ4n) is 3.36. The van der Waals surface area contributed by atoms with Gasteiger partial charge in [0.05, 0.1) is 12.3 Å². The SMILES string of the molecule is C=CCn1c(CNC(=O)c2ccccc2C)nnc1SCC(=O)Nc1c(C)cc(I)cc1C. The quantitative estimate of drug-likeness (QED) is 0.220. The number of nitrogens with one attached hydrogen (secondary N) is 2. The van der Waals surface area contributed by atoms with Gasteiger partial charge in [0.15, 0.2) is 11.0 Å². The van der Waals surface area contributed by atoms with Gasteiger partial charge in [0.2, 0.25) is 5.91 Å². The second-order valence-corrected chi connectivity index (χ2v) is 9.74. The first kappa shape index (κ1) is 25.0. The molecule has 0 aliphatic heterocycles. The largest absolute Gasteiger partial charge is 0.345 e. The maximum atomic E-state index is 12.6. The summed E-state index contributed by atoms with van der Waals surface area (Å²) in [7, 11) is 0. The van der Waals surface area contributed by atoms with Gasteiger partial charge in [0, 0.05) is 21.4 Å². The van der Waals surface area contributed by atoms with Gasteiger partial charge in [-0.1, -0.05) is 36.0 Å². The number of anilines is 1. The van der Waals surface area contributed by atoms with Gasteiger partial charge in [-0.25, -0.2) is 0 Å². The number of hydrogen-bond acceptors (Lipinski definition) is 5. The molecular weight excluding hydrogens is 549 g/mol. The van der Waals surface area contributed by atoms with Crippen molar-refractivity contribution in [3.05, 3.63) is 80.7 Å². The molecule has 0 unspecified atom stereocenters. The Hall–Kier alpha value is -2.66. The molecule has 0 aliphatic carbocycles. The van der Waals surface area contributed by atoms with Crippen molar-refractivity contribution in [3.63, 3.8) is 0 Å². The number of carbonyl (C=O) groups excluding carboxylic acids is 2. The summed E-state index contributed by atoms with van der Waals surface area (Å²) in [6, 6.07) is 11.5. The van der Waals surface area contributed by atoms with E-state index in [2.05, 4.69) is 50.0 Å². The Morgan fingerprint density at radius 3 is 2.48 bits per heavy atom. The summed E-state index contributed by atoms with van der Waals surface area (Å²) in [6.45, 7) is 10.4. The van der Waals surface area contributed by atoms with Crippen molar-refractivity contribution < 1.29 is 9.59 Å². The van der Waals surface area contributed by atoms with Gasteiger partial charge in [-0.2, -0.15) is 0 Å². The van der Waals surface area contributed by atoms with Gasteiger partial charge in [-0.15, -0.1) is 16.8 Å². The van der Waals surface area contributed by atoms with Crippen LogP contribution in [0, 0.1) is 24.3 Å².